The molecule has 0 aliphatic carbocycles. The highest BCUT2D eigenvalue weighted by atomic mass is 15.3. The second-order valence-electron chi connectivity index (χ2n) is 18.5. The molecule has 1 heterocycles. The zero-order chi connectivity index (χ0) is 40.4. The Morgan fingerprint density at radius 3 is 1.46 bits per heavy atom. The van der Waals surface area contributed by atoms with Crippen LogP contribution in [0.15, 0.2) is 109 Å². The molecule has 0 N–H and O–H groups in total. The first kappa shape index (κ1) is 40.9. The van der Waals surface area contributed by atoms with Gasteiger partial charge in [-0.15, -0.1) is 10.2 Å². The van der Waals surface area contributed by atoms with Gasteiger partial charge < -0.3 is 0 Å². The van der Waals surface area contributed by atoms with Gasteiger partial charge in [-0.25, -0.2) is 0 Å². The van der Waals surface area contributed by atoms with Gasteiger partial charge in [-0.1, -0.05) is 162 Å². The third kappa shape index (κ3) is 8.48. The van der Waals surface area contributed by atoms with Crippen LogP contribution < -0.4 is 0 Å². The summed E-state index contributed by atoms with van der Waals surface area (Å²) < 4.78 is 2.42. The van der Waals surface area contributed by atoms with Crippen LogP contribution in [-0.2, 0) is 29.1 Å². The van der Waals surface area contributed by atoms with Crippen LogP contribution in [0, 0.1) is 5.92 Å². The van der Waals surface area contributed by atoms with Gasteiger partial charge in [0.05, 0.1) is 5.69 Å². The molecule has 0 amide bonds. The lowest BCUT2D eigenvalue weighted by Crippen LogP contribution is -2.28. The lowest BCUT2D eigenvalue weighted by Gasteiger charge is -2.31. The number of rotatable bonds is 12. The first-order valence-electron chi connectivity index (χ1n) is 21.2. The summed E-state index contributed by atoms with van der Waals surface area (Å²) in [5.41, 5.74) is 15.0. The van der Waals surface area contributed by atoms with Crippen molar-refractivity contribution in [3.05, 3.63) is 137 Å². The van der Waals surface area contributed by atoms with E-state index in [0.29, 0.717) is 5.92 Å². The number of hydrogen-bond donors (Lipinski definition) is 0. The third-order valence-corrected chi connectivity index (χ3v) is 12.1. The van der Waals surface area contributed by atoms with Gasteiger partial charge in [-0.05, 0) is 135 Å². The van der Waals surface area contributed by atoms with Gasteiger partial charge in [-0.3, -0.25) is 4.57 Å². The maximum atomic E-state index is 5.09. The molecule has 0 fully saturated rings. The molecule has 5 aromatic carbocycles. The standard InChI is InChI=1S/C53H65N3/c1-13-37-20-29-48(45(31-37)30-36(5)6)56-49(54-55-50(56)53(14-2,15-3)16-4)41-19-17-18-40(32-41)44-34-42(38-21-25-46(26-22-38)51(7,8)9)33-43(35-44)39-23-27-47(28-24-39)52(10,11)12/h17-29,31-36H,13-16,30H2,1-12H3. The molecule has 0 atom stereocenters. The molecule has 3 nitrogen and oxygen atoms in total. The maximum absolute atomic E-state index is 5.09. The fourth-order valence-corrected chi connectivity index (χ4v) is 8.24. The Morgan fingerprint density at radius 2 is 1.00 bits per heavy atom. The van der Waals surface area contributed by atoms with Crippen LogP contribution in [0.25, 0.3) is 50.5 Å². The van der Waals surface area contributed by atoms with E-state index in [4.69, 9.17) is 10.2 Å². The molecule has 0 spiro atoms. The largest absolute Gasteiger partial charge is 0.278 e. The molecule has 292 valence electrons. The van der Waals surface area contributed by atoms with Gasteiger partial charge in [0.15, 0.2) is 5.82 Å². The second-order valence-corrected chi connectivity index (χ2v) is 18.5. The van der Waals surface area contributed by atoms with Crippen molar-refractivity contribution in [1.82, 2.24) is 14.8 Å². The smallest absolute Gasteiger partial charge is 0.168 e. The highest BCUT2D eigenvalue weighted by Gasteiger charge is 2.34. The van der Waals surface area contributed by atoms with Crippen molar-refractivity contribution in [2.75, 3.05) is 0 Å². The molecule has 0 saturated heterocycles. The first-order chi connectivity index (χ1) is 26.6. The monoisotopic (exact) mass is 744 g/mol. The minimum absolute atomic E-state index is 0.0737. The number of hydrogen-bond acceptors (Lipinski definition) is 2. The zero-order valence-corrected chi connectivity index (χ0v) is 36.3. The SMILES string of the molecule is CCc1ccc(-n2c(-c3cccc(-c4cc(-c5ccc(C(C)(C)C)cc5)cc(-c5ccc(C(C)(C)C)cc5)c4)c3)nnc2C(CC)(CC)CC)c(CC(C)C)c1. The quantitative estimate of drug-likeness (QED) is 0.125. The van der Waals surface area contributed by atoms with E-state index in [0.717, 1.165) is 54.9 Å². The minimum Gasteiger partial charge on any atom is -0.278 e. The van der Waals surface area contributed by atoms with Crippen LogP contribution in [0.5, 0.6) is 0 Å². The first-order valence-corrected chi connectivity index (χ1v) is 21.2. The Balaban J connectivity index is 1.55. The predicted molar refractivity (Wildman–Crippen MR) is 241 cm³/mol. The van der Waals surface area contributed by atoms with Gasteiger partial charge >= 0.3 is 0 Å². The highest BCUT2D eigenvalue weighted by Crippen LogP contribution is 2.40. The summed E-state index contributed by atoms with van der Waals surface area (Å²) in [7, 11) is 0. The van der Waals surface area contributed by atoms with Gasteiger partial charge in [0.25, 0.3) is 0 Å². The van der Waals surface area contributed by atoms with Crippen LogP contribution in [-0.4, -0.2) is 14.8 Å². The van der Waals surface area contributed by atoms with E-state index in [-0.39, 0.29) is 16.2 Å². The second kappa shape index (κ2) is 16.4. The Hall–Kier alpha value is -4.76. The van der Waals surface area contributed by atoms with Crippen molar-refractivity contribution >= 4 is 0 Å². The van der Waals surface area contributed by atoms with Crippen molar-refractivity contribution in [3.8, 4) is 50.5 Å². The molecule has 3 heteroatoms. The molecule has 0 aliphatic heterocycles. The molecule has 6 aromatic rings. The molecule has 0 unspecified atom stereocenters. The zero-order valence-electron chi connectivity index (χ0n) is 36.3. The fraction of sp³-hybridized carbons (Fsp3) is 0.396. The molecule has 0 aliphatic rings. The Bertz CT molecular complexity index is 2160. The van der Waals surface area contributed by atoms with E-state index < -0.39 is 0 Å². The molecule has 0 radical (unpaired) electrons. The predicted octanol–water partition coefficient (Wildman–Crippen LogP) is 14.8. The molecule has 0 saturated carbocycles. The maximum Gasteiger partial charge on any atom is 0.168 e. The minimum atomic E-state index is -0.0737. The molecule has 6 rings (SSSR count). The average molecular weight is 744 g/mol. The topological polar surface area (TPSA) is 30.7 Å². The summed E-state index contributed by atoms with van der Waals surface area (Å²) in [4.78, 5) is 0. The van der Waals surface area contributed by atoms with Gasteiger partial charge in [0.1, 0.15) is 5.82 Å². The van der Waals surface area contributed by atoms with Gasteiger partial charge in [-0.2, -0.15) is 0 Å². The van der Waals surface area contributed by atoms with Crippen molar-refractivity contribution < 1.29 is 0 Å². The molecular weight excluding hydrogens is 679 g/mol. The molecular formula is C53H65N3. The van der Waals surface area contributed by atoms with Crippen molar-refractivity contribution in [2.24, 2.45) is 5.92 Å². The van der Waals surface area contributed by atoms with Crippen molar-refractivity contribution in [2.45, 2.75) is 131 Å². The third-order valence-electron chi connectivity index (χ3n) is 12.1. The average Bonchev–Trinajstić information content (AvgIpc) is 3.63. The summed E-state index contributed by atoms with van der Waals surface area (Å²) in [5.74, 6) is 2.50. The van der Waals surface area contributed by atoms with Crippen LogP contribution in [0.1, 0.15) is 130 Å². The van der Waals surface area contributed by atoms with Crippen LogP contribution in [0.3, 0.4) is 0 Å². The Morgan fingerprint density at radius 1 is 0.518 bits per heavy atom. The molecule has 56 heavy (non-hydrogen) atoms. The summed E-state index contributed by atoms with van der Waals surface area (Å²) in [6.07, 6.45) is 5.04. The Kier molecular flexibility index (Phi) is 12.0. The van der Waals surface area contributed by atoms with Crippen LogP contribution >= 0.6 is 0 Å². The number of aromatic nitrogens is 3. The fourth-order valence-electron chi connectivity index (χ4n) is 8.24. The van der Waals surface area contributed by atoms with Crippen LogP contribution in [0.2, 0.25) is 0 Å². The van der Waals surface area contributed by atoms with E-state index in [1.807, 2.05) is 0 Å². The van der Waals surface area contributed by atoms with E-state index in [1.54, 1.807) is 0 Å². The summed E-state index contributed by atoms with van der Waals surface area (Å²) in [6, 6.07) is 41.4. The van der Waals surface area contributed by atoms with Crippen LogP contribution in [0.4, 0.5) is 0 Å². The lowest BCUT2D eigenvalue weighted by atomic mass is 9.78. The summed E-state index contributed by atoms with van der Waals surface area (Å²) in [5, 5.41) is 10.2. The van der Waals surface area contributed by atoms with E-state index in [9.17, 15) is 0 Å². The molecule has 1 aromatic heterocycles. The molecule has 0 bridgehead atoms. The number of benzene rings is 5. The van der Waals surface area contributed by atoms with E-state index >= 15 is 0 Å². The van der Waals surface area contributed by atoms with Gasteiger partial charge in [0.2, 0.25) is 0 Å². The van der Waals surface area contributed by atoms with E-state index in [2.05, 4.69) is 197 Å². The number of aryl methyl sites for hydroxylation is 1. The van der Waals surface area contributed by atoms with Crippen molar-refractivity contribution in [1.29, 1.82) is 0 Å². The lowest BCUT2D eigenvalue weighted by molar-refractivity contribution is 0.353. The van der Waals surface area contributed by atoms with Gasteiger partial charge in [0, 0.05) is 11.0 Å². The summed E-state index contributed by atoms with van der Waals surface area (Å²) in [6.45, 7) is 27.4. The highest BCUT2D eigenvalue weighted by molar-refractivity contribution is 5.82. The van der Waals surface area contributed by atoms with E-state index in [1.165, 1.54) is 55.8 Å². The normalized spacial score (nSPS) is 12.4. The summed E-state index contributed by atoms with van der Waals surface area (Å²) >= 11 is 0. The van der Waals surface area contributed by atoms with Crippen molar-refractivity contribution in [3.63, 3.8) is 0 Å². The number of nitrogens with zero attached hydrogens (tertiary/aromatic N) is 3. The Labute approximate surface area is 338 Å².